The Morgan fingerprint density at radius 1 is 1.03 bits per heavy atom. The summed E-state index contributed by atoms with van der Waals surface area (Å²) >= 11 is 0. The van der Waals surface area contributed by atoms with Crippen LogP contribution in [0.1, 0.15) is 19.8 Å². The van der Waals surface area contributed by atoms with Gasteiger partial charge in [0, 0.05) is 52.3 Å². The molecule has 3 aromatic rings. The van der Waals surface area contributed by atoms with Crippen molar-refractivity contribution in [2.24, 2.45) is 0 Å². The number of ether oxygens (including phenoxy) is 2. The Kier molecular flexibility index (Phi) is 6.58. The van der Waals surface area contributed by atoms with Crippen LogP contribution in [0.15, 0.2) is 30.6 Å². The van der Waals surface area contributed by atoms with Gasteiger partial charge in [-0.25, -0.2) is 14.6 Å². The molecular formula is C26H38N6O2Si. The van der Waals surface area contributed by atoms with Crippen molar-refractivity contribution in [1.82, 2.24) is 24.6 Å². The van der Waals surface area contributed by atoms with Crippen LogP contribution in [0.5, 0.6) is 5.75 Å². The molecule has 1 saturated heterocycles. The van der Waals surface area contributed by atoms with Gasteiger partial charge in [0.25, 0.3) is 0 Å². The van der Waals surface area contributed by atoms with E-state index in [-0.39, 0.29) is 5.60 Å². The first-order chi connectivity index (χ1) is 16.7. The fraction of sp³-hybridized carbons (Fsp3) is 0.577. The largest absolute Gasteiger partial charge is 0.488 e. The van der Waals surface area contributed by atoms with Crippen LogP contribution in [0.25, 0.3) is 22.3 Å². The monoisotopic (exact) mass is 494 g/mol. The maximum Gasteiger partial charge on any atom is 0.140 e. The second-order valence-corrected chi connectivity index (χ2v) is 17.1. The van der Waals surface area contributed by atoms with E-state index in [1.807, 2.05) is 10.7 Å². The predicted octanol–water partition coefficient (Wildman–Crippen LogP) is 4.49. The van der Waals surface area contributed by atoms with Crippen LogP contribution in [0.4, 0.5) is 5.82 Å². The summed E-state index contributed by atoms with van der Waals surface area (Å²) < 4.78 is 14.3. The Morgan fingerprint density at radius 2 is 1.80 bits per heavy atom. The molecule has 3 heterocycles. The van der Waals surface area contributed by atoms with E-state index < -0.39 is 8.07 Å². The summed E-state index contributed by atoms with van der Waals surface area (Å²) in [7, 11) is 1.02. The van der Waals surface area contributed by atoms with Crippen LogP contribution < -0.4 is 9.64 Å². The highest BCUT2D eigenvalue weighted by atomic mass is 28.3. The summed E-state index contributed by atoms with van der Waals surface area (Å²) in [6.45, 7) is 14.4. The lowest BCUT2D eigenvalue weighted by Gasteiger charge is -2.33. The molecule has 2 aromatic heterocycles. The number of nitrogens with zero attached hydrogens (tertiary/aromatic N) is 6. The number of likely N-dealkylation sites (N-methyl/N-ethyl adjacent to an activating group) is 1. The molecule has 2 aliphatic rings. The minimum Gasteiger partial charge on any atom is -0.488 e. The Bertz CT molecular complexity index is 1180. The highest BCUT2D eigenvalue weighted by Gasteiger charge is 2.40. The zero-order valence-electron chi connectivity index (χ0n) is 21.8. The molecule has 35 heavy (non-hydrogen) atoms. The van der Waals surface area contributed by atoms with Crippen LogP contribution in [-0.4, -0.2) is 78.2 Å². The van der Waals surface area contributed by atoms with Gasteiger partial charge in [-0.1, -0.05) is 19.6 Å². The Labute approximate surface area is 209 Å². The van der Waals surface area contributed by atoms with Crippen molar-refractivity contribution in [3.8, 4) is 17.1 Å². The van der Waals surface area contributed by atoms with E-state index in [1.165, 1.54) is 0 Å². The topological polar surface area (TPSA) is 68.5 Å². The Balaban J connectivity index is 1.46. The molecule has 9 heteroatoms. The molecule has 1 saturated carbocycles. The van der Waals surface area contributed by atoms with Gasteiger partial charge in [0.1, 0.15) is 35.9 Å². The third-order valence-corrected chi connectivity index (χ3v) is 8.68. The van der Waals surface area contributed by atoms with E-state index in [0.717, 1.165) is 85.5 Å². The number of hydrogen-bond acceptors (Lipinski definition) is 7. The quantitative estimate of drug-likeness (QED) is 0.321. The molecule has 0 spiro atoms. The van der Waals surface area contributed by atoms with Gasteiger partial charge in [-0.15, -0.1) is 0 Å². The summed E-state index contributed by atoms with van der Waals surface area (Å²) in [6.07, 6.45) is 3.86. The molecule has 0 atom stereocenters. The van der Waals surface area contributed by atoms with Crippen molar-refractivity contribution in [3.63, 3.8) is 0 Å². The summed E-state index contributed by atoms with van der Waals surface area (Å²) in [4.78, 5) is 13.9. The van der Waals surface area contributed by atoms with Gasteiger partial charge in [0.15, 0.2) is 0 Å². The number of hydrogen-bond donors (Lipinski definition) is 0. The van der Waals surface area contributed by atoms with E-state index in [2.05, 4.69) is 71.6 Å². The number of benzene rings is 1. The van der Waals surface area contributed by atoms with E-state index in [4.69, 9.17) is 14.6 Å². The molecule has 2 fully saturated rings. The number of anilines is 1. The van der Waals surface area contributed by atoms with Crippen LogP contribution in [0, 0.1) is 0 Å². The number of fused-ring (bicyclic) bond motifs is 1. The summed E-state index contributed by atoms with van der Waals surface area (Å²) in [5.74, 6) is 1.83. The van der Waals surface area contributed by atoms with Crippen molar-refractivity contribution >= 4 is 24.8 Å². The molecular weight excluding hydrogens is 456 g/mol. The van der Waals surface area contributed by atoms with Crippen LogP contribution in [-0.2, 0) is 11.5 Å². The van der Waals surface area contributed by atoms with Crippen LogP contribution in [0.2, 0.25) is 25.7 Å². The van der Waals surface area contributed by atoms with Crippen molar-refractivity contribution in [3.05, 3.63) is 30.6 Å². The molecule has 0 amide bonds. The molecule has 0 bridgehead atoms. The fourth-order valence-corrected chi connectivity index (χ4v) is 5.04. The van der Waals surface area contributed by atoms with Crippen LogP contribution in [0.3, 0.4) is 0 Å². The minimum atomic E-state index is -1.14. The highest BCUT2D eigenvalue weighted by Crippen LogP contribution is 2.41. The van der Waals surface area contributed by atoms with Crippen LogP contribution >= 0.6 is 0 Å². The summed E-state index contributed by atoms with van der Waals surface area (Å²) in [5, 5.41) is 6.01. The van der Waals surface area contributed by atoms with Crippen molar-refractivity contribution in [1.29, 1.82) is 0 Å². The third kappa shape index (κ3) is 5.84. The Hall–Kier alpha value is -2.49. The molecule has 0 N–H and O–H groups in total. The van der Waals surface area contributed by atoms with E-state index in [1.54, 1.807) is 6.33 Å². The minimum absolute atomic E-state index is 0.0344. The normalized spacial score (nSPS) is 18.3. The molecule has 1 aliphatic heterocycles. The molecule has 1 aliphatic carbocycles. The average molecular weight is 495 g/mol. The van der Waals surface area contributed by atoms with E-state index in [9.17, 15) is 0 Å². The lowest BCUT2D eigenvalue weighted by Crippen LogP contribution is -2.44. The molecule has 1 aromatic carbocycles. The molecule has 5 rings (SSSR count). The third-order valence-electron chi connectivity index (χ3n) is 6.97. The smallest absolute Gasteiger partial charge is 0.140 e. The molecule has 188 valence electrons. The standard InChI is InChI=1S/C26H38N6O2Si/c1-26(8-9-26)34-20-6-7-23-21(16-20)25(29-32(23)19-33-14-15-35(3,4)5)22-17-24(28-18-27-22)31-12-10-30(2)11-13-31/h6-7,16-18H,8-15,19H2,1-5H3. The zero-order chi connectivity index (χ0) is 24.6. The van der Waals surface area contributed by atoms with Gasteiger partial charge in [-0.3, -0.25) is 0 Å². The van der Waals surface area contributed by atoms with E-state index in [0.29, 0.717) is 6.73 Å². The maximum atomic E-state index is 6.28. The average Bonchev–Trinajstić information content (AvgIpc) is 3.43. The second kappa shape index (κ2) is 9.52. The fourth-order valence-electron chi connectivity index (χ4n) is 4.29. The summed E-state index contributed by atoms with van der Waals surface area (Å²) in [5.41, 5.74) is 2.67. The SMILES string of the molecule is CN1CCN(c2cc(-c3nn(COCC[Si](C)(C)C)c4ccc(OC5(C)CC5)cc34)ncn2)CC1. The molecule has 8 nitrogen and oxygen atoms in total. The first kappa shape index (κ1) is 24.2. The van der Waals surface area contributed by atoms with Crippen molar-refractivity contribution in [2.75, 3.05) is 44.7 Å². The maximum absolute atomic E-state index is 6.28. The van der Waals surface area contributed by atoms with Gasteiger partial charge >= 0.3 is 0 Å². The van der Waals surface area contributed by atoms with Gasteiger partial charge in [0.05, 0.1) is 11.2 Å². The van der Waals surface area contributed by atoms with Gasteiger partial charge in [0.2, 0.25) is 0 Å². The number of aromatic nitrogens is 4. The van der Waals surface area contributed by atoms with E-state index >= 15 is 0 Å². The van der Waals surface area contributed by atoms with Gasteiger partial charge in [-0.2, -0.15) is 5.10 Å². The number of rotatable bonds is 9. The number of piperazine rings is 1. The molecule has 0 radical (unpaired) electrons. The summed E-state index contributed by atoms with van der Waals surface area (Å²) in [6, 6.07) is 9.45. The second-order valence-electron chi connectivity index (χ2n) is 11.5. The Morgan fingerprint density at radius 3 is 2.51 bits per heavy atom. The first-order valence-corrected chi connectivity index (χ1v) is 16.4. The van der Waals surface area contributed by atoms with Crippen molar-refractivity contribution in [2.45, 2.75) is 57.8 Å². The zero-order valence-corrected chi connectivity index (χ0v) is 22.8. The molecule has 0 unspecified atom stereocenters. The van der Waals surface area contributed by atoms with Crippen molar-refractivity contribution < 1.29 is 9.47 Å². The predicted molar refractivity (Wildman–Crippen MR) is 143 cm³/mol. The van der Waals surface area contributed by atoms with Gasteiger partial charge in [-0.05, 0) is 51.1 Å². The lowest BCUT2D eigenvalue weighted by molar-refractivity contribution is 0.0818. The lowest BCUT2D eigenvalue weighted by atomic mass is 10.1. The first-order valence-electron chi connectivity index (χ1n) is 12.7. The van der Waals surface area contributed by atoms with Gasteiger partial charge < -0.3 is 19.3 Å². The highest BCUT2D eigenvalue weighted by molar-refractivity contribution is 6.76.